The van der Waals surface area contributed by atoms with Crippen molar-refractivity contribution >= 4 is 13.4 Å². The van der Waals surface area contributed by atoms with E-state index in [2.05, 4.69) is 0 Å². The van der Waals surface area contributed by atoms with Crippen molar-refractivity contribution in [1.29, 1.82) is 0 Å². The molecule has 0 amide bonds. The fourth-order valence-corrected chi connectivity index (χ4v) is 2.38. The molecule has 18 heavy (non-hydrogen) atoms. The molecule has 0 bridgehead atoms. The molecule has 0 saturated heterocycles. The van der Waals surface area contributed by atoms with Crippen LogP contribution in [0.2, 0.25) is 0 Å². The predicted molar refractivity (Wildman–Crippen MR) is 71.4 cm³/mol. The maximum atomic E-state index is 12.0. The molecule has 5 heteroatoms. The number of Topliss-reactive ketones (excluding diaryl/α,β-unsaturated/α-hetero) is 1. The maximum Gasteiger partial charge on any atom is 0.376 e. The first-order valence-corrected chi connectivity index (χ1v) is 7.82. The van der Waals surface area contributed by atoms with Crippen LogP contribution in [0.4, 0.5) is 0 Å². The molecule has 0 spiro atoms. The van der Waals surface area contributed by atoms with E-state index in [1.165, 1.54) is 13.6 Å². The molecule has 1 rings (SSSR count). The van der Waals surface area contributed by atoms with Crippen molar-refractivity contribution in [2.75, 3.05) is 13.3 Å². The average Bonchev–Trinajstić information content (AvgIpc) is 2.27. The van der Waals surface area contributed by atoms with E-state index in [1.54, 1.807) is 24.3 Å². The predicted octanol–water partition coefficient (Wildman–Crippen LogP) is 3.76. The van der Waals surface area contributed by atoms with Crippen LogP contribution in [-0.4, -0.2) is 19.1 Å². The summed E-state index contributed by atoms with van der Waals surface area (Å²) in [5.74, 6) is 0.717. The van der Waals surface area contributed by atoms with Gasteiger partial charge in [-0.2, -0.15) is 0 Å². The number of ketones is 1. The van der Waals surface area contributed by atoms with Crippen molar-refractivity contribution < 1.29 is 18.4 Å². The van der Waals surface area contributed by atoms with Gasteiger partial charge in [0.25, 0.3) is 0 Å². The Bertz CT molecular complexity index is 451. The molecule has 0 radical (unpaired) electrons. The minimum atomic E-state index is -3.09. The Morgan fingerprint density at radius 1 is 1.28 bits per heavy atom. The average molecular weight is 270 g/mol. The Kier molecular flexibility index (Phi) is 5.12. The fourth-order valence-electron chi connectivity index (χ4n) is 1.25. The molecule has 1 atom stereocenters. The molecule has 0 fully saturated rings. The van der Waals surface area contributed by atoms with Gasteiger partial charge in [-0.25, -0.2) is 4.57 Å². The minimum Gasteiger partial charge on any atom is -0.425 e. The highest BCUT2D eigenvalue weighted by Gasteiger charge is 2.19. The number of hydrogen-bond acceptors (Lipinski definition) is 4. The first-order valence-electron chi connectivity index (χ1n) is 5.83. The summed E-state index contributed by atoms with van der Waals surface area (Å²) in [5, 5.41) is 0. The Labute approximate surface area is 108 Å². The number of carbonyl (C=O) groups excluding carboxylic acids is 1. The first-order chi connectivity index (χ1) is 8.30. The van der Waals surface area contributed by atoms with E-state index in [0.29, 0.717) is 23.8 Å². The van der Waals surface area contributed by atoms with Crippen LogP contribution >= 0.6 is 7.60 Å². The lowest BCUT2D eigenvalue weighted by Crippen LogP contribution is -2.03. The summed E-state index contributed by atoms with van der Waals surface area (Å²) in [6.45, 7) is 7.27. The third-order valence-electron chi connectivity index (χ3n) is 2.17. The standard InChI is InChI=1S/C13H19O4P/c1-10(2)9-16-18(4,15)17-13-7-5-12(6-8-13)11(3)14/h5-8,10H,9H2,1-4H3. The van der Waals surface area contributed by atoms with Crippen LogP contribution in [0.15, 0.2) is 24.3 Å². The van der Waals surface area contributed by atoms with Gasteiger partial charge in [0.1, 0.15) is 5.75 Å². The highest BCUT2D eigenvalue weighted by atomic mass is 31.2. The summed E-state index contributed by atoms with van der Waals surface area (Å²) in [6.07, 6.45) is 0. The molecule has 4 nitrogen and oxygen atoms in total. The molecule has 0 aliphatic rings. The van der Waals surface area contributed by atoms with Crippen molar-refractivity contribution in [1.82, 2.24) is 0 Å². The van der Waals surface area contributed by atoms with Gasteiger partial charge in [-0.05, 0) is 37.1 Å². The van der Waals surface area contributed by atoms with Gasteiger partial charge in [0.05, 0.1) is 6.61 Å². The molecule has 0 heterocycles. The van der Waals surface area contributed by atoms with Gasteiger partial charge in [-0.3, -0.25) is 9.32 Å². The van der Waals surface area contributed by atoms with E-state index >= 15 is 0 Å². The van der Waals surface area contributed by atoms with Gasteiger partial charge < -0.3 is 4.52 Å². The van der Waals surface area contributed by atoms with Gasteiger partial charge in [0, 0.05) is 12.2 Å². The molecule has 0 aromatic heterocycles. The highest BCUT2D eigenvalue weighted by molar-refractivity contribution is 7.53. The Morgan fingerprint density at radius 3 is 2.28 bits per heavy atom. The molecule has 0 aliphatic heterocycles. The summed E-state index contributed by atoms with van der Waals surface area (Å²) in [4.78, 5) is 11.1. The molecular formula is C13H19O4P. The third kappa shape index (κ3) is 5.03. The quantitative estimate of drug-likeness (QED) is 0.583. The zero-order valence-electron chi connectivity index (χ0n) is 11.2. The highest BCUT2D eigenvalue weighted by Crippen LogP contribution is 2.44. The molecule has 0 N–H and O–H groups in total. The fraction of sp³-hybridized carbons (Fsp3) is 0.462. The summed E-state index contributed by atoms with van der Waals surface area (Å²) in [6, 6.07) is 6.51. The van der Waals surface area contributed by atoms with Gasteiger partial charge >= 0.3 is 7.60 Å². The van der Waals surface area contributed by atoms with Crippen molar-refractivity contribution in [3.63, 3.8) is 0 Å². The largest absolute Gasteiger partial charge is 0.425 e. The lowest BCUT2D eigenvalue weighted by Gasteiger charge is -2.16. The molecule has 1 aromatic carbocycles. The molecule has 100 valence electrons. The molecular weight excluding hydrogens is 251 g/mol. The van der Waals surface area contributed by atoms with E-state index < -0.39 is 7.60 Å². The van der Waals surface area contributed by atoms with Crippen molar-refractivity contribution in [3.05, 3.63) is 29.8 Å². The summed E-state index contributed by atoms with van der Waals surface area (Å²) >= 11 is 0. The Morgan fingerprint density at radius 2 is 1.83 bits per heavy atom. The summed E-state index contributed by atoms with van der Waals surface area (Å²) in [5.41, 5.74) is 0.594. The van der Waals surface area contributed by atoms with Crippen molar-refractivity contribution in [3.8, 4) is 5.75 Å². The second-order valence-corrected chi connectivity index (χ2v) is 6.62. The number of hydrogen-bond donors (Lipinski definition) is 0. The van der Waals surface area contributed by atoms with E-state index in [0.717, 1.165) is 0 Å². The normalized spacial score (nSPS) is 14.3. The minimum absolute atomic E-state index is 0.0164. The van der Waals surface area contributed by atoms with Crippen LogP contribution < -0.4 is 4.52 Å². The second-order valence-electron chi connectivity index (χ2n) is 4.63. The van der Waals surface area contributed by atoms with Crippen molar-refractivity contribution in [2.45, 2.75) is 20.8 Å². The second kappa shape index (κ2) is 6.17. The zero-order valence-corrected chi connectivity index (χ0v) is 12.1. The SMILES string of the molecule is CC(=O)c1ccc(OP(C)(=O)OCC(C)C)cc1. The maximum absolute atomic E-state index is 12.0. The number of rotatable bonds is 6. The lowest BCUT2D eigenvalue weighted by atomic mass is 10.1. The van der Waals surface area contributed by atoms with Gasteiger partial charge in [0.2, 0.25) is 0 Å². The molecule has 1 unspecified atom stereocenters. The lowest BCUT2D eigenvalue weighted by molar-refractivity contribution is 0.101. The molecule has 1 aromatic rings. The van der Waals surface area contributed by atoms with Crippen LogP contribution in [0.3, 0.4) is 0 Å². The number of carbonyl (C=O) groups is 1. The summed E-state index contributed by atoms with van der Waals surface area (Å²) in [7, 11) is -3.09. The van der Waals surface area contributed by atoms with Gasteiger partial charge in [-0.15, -0.1) is 0 Å². The molecule has 0 saturated carbocycles. The smallest absolute Gasteiger partial charge is 0.376 e. The van der Waals surface area contributed by atoms with Crippen LogP contribution in [0.25, 0.3) is 0 Å². The van der Waals surface area contributed by atoms with Crippen LogP contribution in [0.5, 0.6) is 5.75 Å². The van der Waals surface area contributed by atoms with Crippen LogP contribution in [0, 0.1) is 5.92 Å². The van der Waals surface area contributed by atoms with E-state index in [9.17, 15) is 9.36 Å². The third-order valence-corrected chi connectivity index (χ3v) is 3.34. The monoisotopic (exact) mass is 270 g/mol. The molecule has 0 aliphatic carbocycles. The van der Waals surface area contributed by atoms with E-state index in [1.807, 2.05) is 13.8 Å². The first kappa shape index (κ1) is 14.9. The summed E-state index contributed by atoms with van der Waals surface area (Å²) < 4.78 is 22.5. The van der Waals surface area contributed by atoms with Crippen LogP contribution in [-0.2, 0) is 9.09 Å². The van der Waals surface area contributed by atoms with Crippen LogP contribution in [0.1, 0.15) is 31.1 Å². The number of benzene rings is 1. The van der Waals surface area contributed by atoms with Gasteiger partial charge in [-0.1, -0.05) is 13.8 Å². The Balaban J connectivity index is 2.66. The van der Waals surface area contributed by atoms with E-state index in [4.69, 9.17) is 9.05 Å². The topological polar surface area (TPSA) is 52.6 Å². The zero-order chi connectivity index (χ0) is 13.8. The Hall–Kier alpha value is -1.12. The van der Waals surface area contributed by atoms with Crippen molar-refractivity contribution in [2.24, 2.45) is 5.92 Å². The van der Waals surface area contributed by atoms with Gasteiger partial charge in [0.15, 0.2) is 5.78 Å². The van der Waals surface area contributed by atoms with E-state index in [-0.39, 0.29) is 5.78 Å².